The summed E-state index contributed by atoms with van der Waals surface area (Å²) in [6, 6.07) is 7.44. The molecular formula is C19H21ClN2O4S. The van der Waals surface area contributed by atoms with E-state index in [0.717, 1.165) is 35.8 Å². The summed E-state index contributed by atoms with van der Waals surface area (Å²) >= 11 is 7.52. The van der Waals surface area contributed by atoms with Crippen molar-refractivity contribution >= 4 is 50.8 Å². The fourth-order valence-electron chi connectivity index (χ4n) is 3.00. The van der Waals surface area contributed by atoms with Gasteiger partial charge in [-0.1, -0.05) is 42.6 Å². The summed E-state index contributed by atoms with van der Waals surface area (Å²) in [5, 5.41) is 3.68. The van der Waals surface area contributed by atoms with Crippen molar-refractivity contribution in [3.05, 3.63) is 34.2 Å². The van der Waals surface area contributed by atoms with Crippen LogP contribution in [0.25, 0.3) is 10.1 Å². The van der Waals surface area contributed by atoms with E-state index in [1.165, 1.54) is 11.3 Å². The minimum Gasteiger partial charge on any atom is -0.454 e. The Morgan fingerprint density at radius 3 is 2.52 bits per heavy atom. The van der Waals surface area contributed by atoms with E-state index in [4.69, 9.17) is 16.3 Å². The first-order valence-corrected chi connectivity index (χ1v) is 10.1. The number of rotatable bonds is 5. The molecule has 27 heavy (non-hydrogen) atoms. The second-order valence-corrected chi connectivity index (χ2v) is 7.81. The third-order valence-electron chi connectivity index (χ3n) is 4.45. The Kier molecular flexibility index (Phi) is 6.68. The molecule has 1 N–H and O–H groups in total. The highest BCUT2D eigenvalue weighted by molar-refractivity contribution is 7.21. The molecule has 0 bridgehead atoms. The Labute approximate surface area is 166 Å². The van der Waals surface area contributed by atoms with Crippen LogP contribution in [0.1, 0.15) is 35.4 Å². The molecule has 0 radical (unpaired) electrons. The summed E-state index contributed by atoms with van der Waals surface area (Å²) in [6.07, 6.45) is 4.20. The molecule has 1 aliphatic rings. The number of thiophene rings is 1. The summed E-state index contributed by atoms with van der Waals surface area (Å²) < 4.78 is 5.90. The van der Waals surface area contributed by atoms with Crippen molar-refractivity contribution in [2.75, 3.05) is 26.2 Å². The largest absolute Gasteiger partial charge is 0.454 e. The van der Waals surface area contributed by atoms with Gasteiger partial charge in [0.05, 0.1) is 5.02 Å². The Morgan fingerprint density at radius 1 is 1.11 bits per heavy atom. The number of fused-ring (bicyclic) bond motifs is 1. The molecule has 3 rings (SSSR count). The van der Waals surface area contributed by atoms with Crippen LogP contribution >= 0.6 is 22.9 Å². The number of halogens is 1. The zero-order valence-electron chi connectivity index (χ0n) is 14.8. The van der Waals surface area contributed by atoms with Gasteiger partial charge in [-0.25, -0.2) is 0 Å². The minimum absolute atomic E-state index is 0.191. The molecule has 0 unspecified atom stereocenters. The second kappa shape index (κ2) is 9.19. The number of nitrogens with zero attached hydrogens (tertiary/aromatic N) is 1. The number of nitrogens with one attached hydrogen (secondary N) is 1. The van der Waals surface area contributed by atoms with E-state index in [1.54, 1.807) is 4.90 Å². The Hall–Kier alpha value is -2.12. The molecule has 8 heteroatoms. The van der Waals surface area contributed by atoms with E-state index in [-0.39, 0.29) is 19.1 Å². The molecule has 1 aromatic heterocycles. The summed E-state index contributed by atoms with van der Waals surface area (Å²) in [7, 11) is 0. The zero-order chi connectivity index (χ0) is 19.2. The van der Waals surface area contributed by atoms with E-state index < -0.39 is 11.9 Å². The number of carbonyl (C=O) groups is 3. The van der Waals surface area contributed by atoms with Crippen molar-refractivity contribution in [2.45, 2.75) is 25.7 Å². The van der Waals surface area contributed by atoms with Gasteiger partial charge in [0.2, 0.25) is 0 Å². The lowest BCUT2D eigenvalue weighted by molar-refractivity contribution is -0.151. The highest BCUT2D eigenvalue weighted by Crippen LogP contribution is 2.34. The molecule has 0 saturated carbocycles. The van der Waals surface area contributed by atoms with Gasteiger partial charge < -0.3 is 15.0 Å². The van der Waals surface area contributed by atoms with Crippen LogP contribution in [-0.4, -0.2) is 48.9 Å². The average Bonchev–Trinajstić information content (AvgIpc) is 2.86. The van der Waals surface area contributed by atoms with Gasteiger partial charge >= 0.3 is 5.97 Å². The van der Waals surface area contributed by atoms with E-state index >= 15 is 0 Å². The van der Waals surface area contributed by atoms with Crippen LogP contribution in [0, 0.1) is 0 Å². The van der Waals surface area contributed by atoms with Crippen molar-refractivity contribution in [1.29, 1.82) is 0 Å². The summed E-state index contributed by atoms with van der Waals surface area (Å²) in [4.78, 5) is 38.3. The van der Waals surface area contributed by atoms with Gasteiger partial charge in [0.15, 0.2) is 6.61 Å². The van der Waals surface area contributed by atoms with Crippen LogP contribution in [0.15, 0.2) is 24.3 Å². The lowest BCUT2D eigenvalue weighted by Gasteiger charge is -2.19. The van der Waals surface area contributed by atoms with Crippen molar-refractivity contribution in [1.82, 2.24) is 10.2 Å². The zero-order valence-corrected chi connectivity index (χ0v) is 16.4. The normalized spacial score (nSPS) is 14.6. The molecule has 1 fully saturated rings. The number of likely N-dealkylation sites (tertiary alicyclic amines) is 1. The fourth-order valence-corrected chi connectivity index (χ4v) is 4.43. The number of hydrogen-bond donors (Lipinski definition) is 1. The predicted octanol–water partition coefficient (Wildman–Crippen LogP) is 3.23. The van der Waals surface area contributed by atoms with E-state index in [1.807, 2.05) is 24.3 Å². The van der Waals surface area contributed by atoms with Gasteiger partial charge in [-0.2, -0.15) is 0 Å². The van der Waals surface area contributed by atoms with Gasteiger partial charge in [0, 0.05) is 23.2 Å². The summed E-state index contributed by atoms with van der Waals surface area (Å²) in [5.41, 5.74) is 0. The Bertz CT molecular complexity index is 843. The van der Waals surface area contributed by atoms with Crippen molar-refractivity contribution in [3.63, 3.8) is 0 Å². The third-order valence-corrected chi connectivity index (χ3v) is 6.12. The van der Waals surface area contributed by atoms with Gasteiger partial charge in [-0.3, -0.25) is 14.4 Å². The number of benzene rings is 1. The lowest BCUT2D eigenvalue weighted by Crippen LogP contribution is -2.37. The maximum atomic E-state index is 12.3. The van der Waals surface area contributed by atoms with Crippen molar-refractivity contribution in [3.8, 4) is 0 Å². The first kappa shape index (κ1) is 19.6. The molecule has 0 spiro atoms. The molecule has 2 amide bonds. The van der Waals surface area contributed by atoms with Gasteiger partial charge in [0.25, 0.3) is 11.8 Å². The molecular weight excluding hydrogens is 388 g/mol. The number of ether oxygens (including phenoxy) is 1. The molecule has 6 nitrogen and oxygen atoms in total. The second-order valence-electron chi connectivity index (χ2n) is 6.38. The minimum atomic E-state index is -0.649. The first-order valence-electron chi connectivity index (χ1n) is 8.95. The Morgan fingerprint density at radius 2 is 1.81 bits per heavy atom. The van der Waals surface area contributed by atoms with E-state index in [2.05, 4.69) is 5.32 Å². The molecule has 1 aliphatic heterocycles. The van der Waals surface area contributed by atoms with Crippen LogP contribution in [0.3, 0.4) is 0 Å². The standard InChI is InChI=1S/C19H21ClN2O4S/c20-17-13-7-3-4-8-14(13)27-18(17)19(25)21-11-16(24)26-12-15(23)22-9-5-1-2-6-10-22/h3-4,7-8H,1-2,5-6,9-12H2,(H,21,25). The van der Waals surface area contributed by atoms with Crippen LogP contribution in [0.4, 0.5) is 0 Å². The van der Waals surface area contributed by atoms with Gasteiger partial charge in [-0.05, 0) is 18.9 Å². The van der Waals surface area contributed by atoms with Crippen LogP contribution < -0.4 is 5.32 Å². The number of esters is 1. The van der Waals surface area contributed by atoms with Crippen molar-refractivity contribution in [2.24, 2.45) is 0 Å². The topological polar surface area (TPSA) is 75.7 Å². The van der Waals surface area contributed by atoms with Gasteiger partial charge in [-0.15, -0.1) is 11.3 Å². The summed E-state index contributed by atoms with van der Waals surface area (Å²) in [6.45, 7) is 0.810. The van der Waals surface area contributed by atoms with E-state index in [0.29, 0.717) is 23.0 Å². The fraction of sp³-hybridized carbons (Fsp3) is 0.421. The monoisotopic (exact) mass is 408 g/mol. The summed E-state index contributed by atoms with van der Waals surface area (Å²) in [5.74, 6) is -1.27. The van der Waals surface area contributed by atoms with Crippen LogP contribution in [0.5, 0.6) is 0 Å². The van der Waals surface area contributed by atoms with Crippen molar-refractivity contribution < 1.29 is 19.1 Å². The highest BCUT2D eigenvalue weighted by Gasteiger charge is 2.19. The van der Waals surface area contributed by atoms with Crippen LogP contribution in [0.2, 0.25) is 5.02 Å². The molecule has 1 aromatic carbocycles. The molecule has 0 aliphatic carbocycles. The third kappa shape index (κ3) is 4.99. The quantitative estimate of drug-likeness (QED) is 0.770. The number of amides is 2. The number of carbonyl (C=O) groups excluding carboxylic acids is 3. The van der Waals surface area contributed by atoms with Crippen LogP contribution in [-0.2, 0) is 14.3 Å². The Balaban J connectivity index is 1.47. The molecule has 144 valence electrons. The molecule has 2 aromatic rings. The number of hydrogen-bond acceptors (Lipinski definition) is 5. The molecule has 0 atom stereocenters. The first-order chi connectivity index (χ1) is 13.1. The smallest absolute Gasteiger partial charge is 0.325 e. The molecule has 2 heterocycles. The maximum Gasteiger partial charge on any atom is 0.325 e. The van der Waals surface area contributed by atoms with E-state index in [9.17, 15) is 14.4 Å². The maximum absolute atomic E-state index is 12.3. The average molecular weight is 409 g/mol. The highest BCUT2D eigenvalue weighted by atomic mass is 35.5. The predicted molar refractivity (Wildman–Crippen MR) is 105 cm³/mol. The van der Waals surface area contributed by atoms with Gasteiger partial charge in [0.1, 0.15) is 11.4 Å². The lowest BCUT2D eigenvalue weighted by atomic mass is 10.2. The SMILES string of the molecule is O=C(CNC(=O)c1sc2ccccc2c1Cl)OCC(=O)N1CCCCCC1. The molecule has 1 saturated heterocycles.